The van der Waals surface area contributed by atoms with E-state index in [2.05, 4.69) is 4.99 Å². The SMILES string of the molecule is CC1(C)C=NC=C1F. The van der Waals surface area contributed by atoms with Gasteiger partial charge in [-0.3, -0.25) is 4.99 Å². The molecule has 0 radical (unpaired) electrons. The molecular weight excluding hydrogens is 105 g/mol. The molecule has 2 heteroatoms. The minimum atomic E-state index is -0.444. The van der Waals surface area contributed by atoms with Gasteiger partial charge in [0.1, 0.15) is 5.83 Å². The van der Waals surface area contributed by atoms with E-state index in [0.29, 0.717) is 0 Å². The van der Waals surface area contributed by atoms with Gasteiger partial charge < -0.3 is 0 Å². The normalized spacial score (nSPS) is 23.6. The second-order valence-electron chi connectivity index (χ2n) is 2.48. The Morgan fingerprint density at radius 2 is 2.25 bits per heavy atom. The first kappa shape index (κ1) is 5.48. The first-order chi connectivity index (χ1) is 3.63. The Balaban J connectivity index is 2.87. The number of aliphatic imine (C=N–C) groups is 1. The molecule has 0 aliphatic carbocycles. The van der Waals surface area contributed by atoms with E-state index in [9.17, 15) is 4.39 Å². The van der Waals surface area contributed by atoms with Crippen LogP contribution in [0.1, 0.15) is 13.8 Å². The van der Waals surface area contributed by atoms with Crippen molar-refractivity contribution in [2.24, 2.45) is 10.4 Å². The van der Waals surface area contributed by atoms with Crippen molar-refractivity contribution in [1.82, 2.24) is 0 Å². The molecule has 1 heterocycles. The molecule has 0 N–H and O–H groups in total. The van der Waals surface area contributed by atoms with Crippen LogP contribution in [-0.4, -0.2) is 6.21 Å². The van der Waals surface area contributed by atoms with Crippen LogP contribution in [0, 0.1) is 5.41 Å². The number of hydrogen-bond acceptors (Lipinski definition) is 1. The molecule has 0 aromatic heterocycles. The Kier molecular flexibility index (Phi) is 0.962. The van der Waals surface area contributed by atoms with Gasteiger partial charge in [-0.2, -0.15) is 0 Å². The number of allylic oxidation sites excluding steroid dienone is 1. The van der Waals surface area contributed by atoms with Crippen molar-refractivity contribution in [2.45, 2.75) is 13.8 Å². The van der Waals surface area contributed by atoms with Crippen LogP contribution in [0.25, 0.3) is 0 Å². The second-order valence-corrected chi connectivity index (χ2v) is 2.48. The summed E-state index contributed by atoms with van der Waals surface area (Å²) in [7, 11) is 0. The summed E-state index contributed by atoms with van der Waals surface area (Å²) in [6, 6.07) is 0. The van der Waals surface area contributed by atoms with Gasteiger partial charge in [-0.05, 0) is 13.8 Å². The second kappa shape index (κ2) is 1.41. The van der Waals surface area contributed by atoms with Crippen molar-refractivity contribution < 1.29 is 4.39 Å². The van der Waals surface area contributed by atoms with Crippen molar-refractivity contribution >= 4 is 6.21 Å². The first-order valence-electron chi connectivity index (χ1n) is 2.53. The standard InChI is InChI=1S/C6H8FN/c1-6(2)4-8-3-5(6)7/h3-4H,1-2H3. The topological polar surface area (TPSA) is 12.4 Å². The van der Waals surface area contributed by atoms with Gasteiger partial charge in [0.15, 0.2) is 0 Å². The van der Waals surface area contributed by atoms with Crippen LogP contribution in [-0.2, 0) is 0 Å². The molecule has 0 saturated heterocycles. The molecule has 44 valence electrons. The van der Waals surface area contributed by atoms with Crippen molar-refractivity contribution in [2.75, 3.05) is 0 Å². The van der Waals surface area contributed by atoms with E-state index >= 15 is 0 Å². The minimum absolute atomic E-state index is 0.155. The smallest absolute Gasteiger partial charge is 0.129 e. The van der Waals surface area contributed by atoms with Gasteiger partial charge >= 0.3 is 0 Å². The van der Waals surface area contributed by atoms with Crippen molar-refractivity contribution in [1.29, 1.82) is 0 Å². The van der Waals surface area contributed by atoms with Gasteiger partial charge in [-0.1, -0.05) is 0 Å². The Labute approximate surface area is 47.9 Å². The van der Waals surface area contributed by atoms with E-state index in [-0.39, 0.29) is 5.83 Å². The molecule has 0 unspecified atom stereocenters. The van der Waals surface area contributed by atoms with Gasteiger partial charge in [0.25, 0.3) is 0 Å². The molecular formula is C6H8FN. The van der Waals surface area contributed by atoms with Crippen molar-refractivity contribution in [3.05, 3.63) is 12.0 Å². The number of hydrogen-bond donors (Lipinski definition) is 0. The predicted molar refractivity (Wildman–Crippen MR) is 31.5 cm³/mol. The lowest BCUT2D eigenvalue weighted by molar-refractivity contribution is 0.470. The molecule has 0 saturated carbocycles. The van der Waals surface area contributed by atoms with E-state index < -0.39 is 5.41 Å². The Morgan fingerprint density at radius 1 is 1.62 bits per heavy atom. The predicted octanol–water partition coefficient (Wildman–Crippen LogP) is 1.91. The zero-order chi connectivity index (χ0) is 6.20. The van der Waals surface area contributed by atoms with E-state index in [1.54, 1.807) is 20.1 Å². The van der Waals surface area contributed by atoms with Crippen molar-refractivity contribution in [3.8, 4) is 0 Å². The third kappa shape index (κ3) is 0.661. The summed E-state index contributed by atoms with van der Waals surface area (Å²) in [5, 5.41) is 0. The molecule has 0 aromatic rings. The van der Waals surface area contributed by atoms with Gasteiger partial charge in [0.2, 0.25) is 0 Å². The maximum atomic E-state index is 12.4. The minimum Gasteiger partial charge on any atom is -0.265 e. The highest BCUT2D eigenvalue weighted by Crippen LogP contribution is 2.28. The largest absolute Gasteiger partial charge is 0.265 e. The molecule has 1 nitrogen and oxygen atoms in total. The van der Waals surface area contributed by atoms with Gasteiger partial charge in [0.05, 0.1) is 11.6 Å². The monoisotopic (exact) mass is 113 g/mol. The molecule has 0 spiro atoms. The molecule has 1 aliphatic rings. The molecule has 0 atom stereocenters. The highest BCUT2D eigenvalue weighted by Gasteiger charge is 2.24. The highest BCUT2D eigenvalue weighted by atomic mass is 19.1. The van der Waals surface area contributed by atoms with E-state index in [4.69, 9.17) is 0 Å². The number of rotatable bonds is 0. The Hall–Kier alpha value is -0.660. The summed E-state index contributed by atoms with van der Waals surface area (Å²) in [5.74, 6) is -0.155. The average molecular weight is 113 g/mol. The number of halogens is 1. The van der Waals surface area contributed by atoms with Crippen LogP contribution in [0.2, 0.25) is 0 Å². The van der Waals surface area contributed by atoms with E-state index in [1.807, 2.05) is 0 Å². The first-order valence-corrected chi connectivity index (χ1v) is 2.53. The molecule has 0 aromatic carbocycles. The third-order valence-corrected chi connectivity index (χ3v) is 1.20. The zero-order valence-electron chi connectivity index (χ0n) is 4.98. The van der Waals surface area contributed by atoms with Crippen molar-refractivity contribution in [3.63, 3.8) is 0 Å². The lowest BCUT2D eigenvalue weighted by Gasteiger charge is -2.09. The zero-order valence-corrected chi connectivity index (χ0v) is 4.98. The molecule has 0 bridgehead atoms. The van der Waals surface area contributed by atoms with Crippen LogP contribution in [0.15, 0.2) is 17.0 Å². The van der Waals surface area contributed by atoms with Crippen LogP contribution >= 0.6 is 0 Å². The summed E-state index contributed by atoms with van der Waals surface area (Å²) in [4.78, 5) is 3.66. The average Bonchev–Trinajstić information content (AvgIpc) is 1.86. The summed E-state index contributed by atoms with van der Waals surface area (Å²) in [6.45, 7) is 3.57. The third-order valence-electron chi connectivity index (χ3n) is 1.20. The summed E-state index contributed by atoms with van der Waals surface area (Å²) in [6.07, 6.45) is 2.85. The van der Waals surface area contributed by atoms with Crippen LogP contribution < -0.4 is 0 Å². The number of nitrogens with zero attached hydrogens (tertiary/aromatic N) is 1. The molecule has 1 aliphatic heterocycles. The van der Waals surface area contributed by atoms with E-state index in [1.165, 1.54) is 6.20 Å². The fourth-order valence-corrected chi connectivity index (χ4v) is 0.517. The lowest BCUT2D eigenvalue weighted by atomic mass is 9.96. The van der Waals surface area contributed by atoms with Crippen LogP contribution in [0.3, 0.4) is 0 Å². The van der Waals surface area contributed by atoms with Gasteiger partial charge in [-0.25, -0.2) is 4.39 Å². The Bertz CT molecular complexity index is 156. The maximum Gasteiger partial charge on any atom is 0.129 e. The van der Waals surface area contributed by atoms with Crippen LogP contribution in [0.5, 0.6) is 0 Å². The molecule has 8 heavy (non-hydrogen) atoms. The fraction of sp³-hybridized carbons (Fsp3) is 0.500. The highest BCUT2D eigenvalue weighted by molar-refractivity contribution is 5.72. The molecule has 1 rings (SSSR count). The molecule has 0 amide bonds. The Morgan fingerprint density at radius 3 is 2.38 bits per heavy atom. The quantitative estimate of drug-likeness (QED) is 0.455. The maximum absolute atomic E-state index is 12.4. The van der Waals surface area contributed by atoms with E-state index in [0.717, 1.165) is 0 Å². The van der Waals surface area contributed by atoms with Gasteiger partial charge in [0, 0.05) is 6.21 Å². The fourth-order valence-electron chi connectivity index (χ4n) is 0.517. The van der Waals surface area contributed by atoms with Gasteiger partial charge in [-0.15, -0.1) is 0 Å². The summed E-state index contributed by atoms with van der Waals surface area (Å²) < 4.78 is 12.4. The summed E-state index contributed by atoms with van der Waals surface area (Å²) in [5.41, 5.74) is -0.444. The summed E-state index contributed by atoms with van der Waals surface area (Å²) >= 11 is 0. The lowest BCUT2D eigenvalue weighted by Crippen LogP contribution is -2.09. The van der Waals surface area contributed by atoms with Crippen LogP contribution in [0.4, 0.5) is 4.39 Å². The molecule has 0 fully saturated rings.